The van der Waals surface area contributed by atoms with E-state index in [4.69, 9.17) is 0 Å². The largest absolute Gasteiger partial charge is 0.416 e. The van der Waals surface area contributed by atoms with Crippen LogP contribution in [0.15, 0.2) is 39.9 Å². The smallest absolute Gasteiger partial charge is 0.352 e. The normalized spacial score (nSPS) is 11.7. The molecular formula is C11H6F3NO2. The molecule has 17 heavy (non-hydrogen) atoms. The van der Waals surface area contributed by atoms with Gasteiger partial charge in [-0.3, -0.25) is 9.59 Å². The van der Waals surface area contributed by atoms with E-state index in [1.54, 1.807) is 0 Å². The lowest BCUT2D eigenvalue weighted by Crippen LogP contribution is -2.31. The zero-order valence-electron chi connectivity index (χ0n) is 8.34. The van der Waals surface area contributed by atoms with Gasteiger partial charge in [0.05, 0.1) is 11.3 Å². The highest BCUT2D eigenvalue weighted by molar-refractivity contribution is 5.62. The predicted molar refractivity (Wildman–Crippen MR) is 56.1 cm³/mol. The van der Waals surface area contributed by atoms with Crippen LogP contribution in [-0.2, 0) is 6.18 Å². The van der Waals surface area contributed by atoms with Crippen LogP contribution >= 0.6 is 0 Å². The van der Waals surface area contributed by atoms with Gasteiger partial charge in [0.15, 0.2) is 0 Å². The highest BCUT2D eigenvalue weighted by atomic mass is 19.4. The number of benzene rings is 1. The average molecular weight is 241 g/mol. The Hall–Kier alpha value is -2.11. The summed E-state index contributed by atoms with van der Waals surface area (Å²) in [7, 11) is 0. The van der Waals surface area contributed by atoms with E-state index in [1.807, 2.05) is 0 Å². The molecule has 0 aliphatic heterocycles. The fourth-order valence-corrected chi connectivity index (χ4v) is 1.34. The molecule has 0 heterocycles. The van der Waals surface area contributed by atoms with Crippen molar-refractivity contribution in [3.05, 3.63) is 56.3 Å². The lowest BCUT2D eigenvalue weighted by molar-refractivity contribution is -0.137. The van der Waals surface area contributed by atoms with E-state index in [2.05, 4.69) is 5.32 Å². The topological polar surface area (TPSA) is 46.2 Å². The lowest BCUT2D eigenvalue weighted by atomic mass is 10.2. The Kier molecular flexibility index (Phi) is 2.49. The van der Waals surface area contributed by atoms with Crippen molar-refractivity contribution in [1.29, 1.82) is 0 Å². The summed E-state index contributed by atoms with van der Waals surface area (Å²) in [6.45, 7) is 0. The van der Waals surface area contributed by atoms with Gasteiger partial charge >= 0.3 is 6.18 Å². The summed E-state index contributed by atoms with van der Waals surface area (Å²) < 4.78 is 37.1. The van der Waals surface area contributed by atoms with Crippen LogP contribution in [0.5, 0.6) is 0 Å². The molecule has 0 aliphatic carbocycles. The first-order valence-electron chi connectivity index (χ1n) is 4.62. The molecule has 1 N–H and O–H groups in total. The first-order valence-corrected chi connectivity index (χ1v) is 4.62. The summed E-state index contributed by atoms with van der Waals surface area (Å²) in [6.07, 6.45) is -4.44. The minimum Gasteiger partial charge on any atom is -0.352 e. The first-order chi connectivity index (χ1) is 7.88. The lowest BCUT2D eigenvalue weighted by Gasteiger charge is -2.10. The van der Waals surface area contributed by atoms with Gasteiger partial charge in [0.25, 0.3) is 0 Å². The van der Waals surface area contributed by atoms with Crippen LogP contribution < -0.4 is 16.2 Å². The SMILES string of the molecule is O=c1cc(Nc2cccc(C(F)(F)F)c2)c1=O. The molecule has 0 unspecified atom stereocenters. The Bertz CT molecular complexity index is 624. The molecule has 0 atom stereocenters. The molecule has 0 aromatic heterocycles. The molecule has 2 aromatic carbocycles. The van der Waals surface area contributed by atoms with Crippen molar-refractivity contribution in [2.24, 2.45) is 0 Å². The van der Waals surface area contributed by atoms with E-state index in [0.29, 0.717) is 0 Å². The van der Waals surface area contributed by atoms with Crippen molar-refractivity contribution in [2.45, 2.75) is 6.18 Å². The molecule has 0 spiro atoms. The van der Waals surface area contributed by atoms with Gasteiger partial charge < -0.3 is 5.32 Å². The number of hydrogen-bond donors (Lipinski definition) is 1. The fourth-order valence-electron chi connectivity index (χ4n) is 1.34. The molecule has 3 nitrogen and oxygen atoms in total. The Morgan fingerprint density at radius 1 is 1.06 bits per heavy atom. The minimum atomic E-state index is -4.44. The van der Waals surface area contributed by atoms with E-state index in [-0.39, 0.29) is 11.4 Å². The Morgan fingerprint density at radius 2 is 1.76 bits per heavy atom. The Balaban J connectivity index is 2.27. The van der Waals surface area contributed by atoms with Crippen molar-refractivity contribution < 1.29 is 13.2 Å². The van der Waals surface area contributed by atoms with Crippen molar-refractivity contribution in [1.82, 2.24) is 0 Å². The van der Waals surface area contributed by atoms with E-state index in [9.17, 15) is 22.8 Å². The van der Waals surface area contributed by atoms with Gasteiger partial charge in [0.1, 0.15) is 0 Å². The number of anilines is 2. The molecule has 0 aliphatic rings. The van der Waals surface area contributed by atoms with E-state index in [0.717, 1.165) is 18.2 Å². The summed E-state index contributed by atoms with van der Waals surface area (Å²) in [5.41, 5.74) is -2.07. The molecule has 2 rings (SSSR count). The second-order valence-electron chi connectivity index (χ2n) is 3.45. The number of nitrogens with one attached hydrogen (secondary N) is 1. The van der Waals surface area contributed by atoms with Crippen molar-refractivity contribution >= 4 is 11.4 Å². The zero-order chi connectivity index (χ0) is 12.6. The standard InChI is InChI=1S/C11H6F3NO2/c12-11(13,14)6-2-1-3-7(4-6)15-8-5-9(16)10(8)17/h1-5,15H. The maximum atomic E-state index is 12.4. The van der Waals surface area contributed by atoms with Gasteiger partial charge in [-0.05, 0) is 18.2 Å². The number of halogens is 3. The van der Waals surface area contributed by atoms with Crippen LogP contribution in [0.2, 0.25) is 0 Å². The molecule has 0 saturated heterocycles. The summed E-state index contributed by atoms with van der Waals surface area (Å²) in [6, 6.07) is 5.44. The molecule has 0 saturated carbocycles. The highest BCUT2D eigenvalue weighted by Gasteiger charge is 2.30. The van der Waals surface area contributed by atoms with E-state index >= 15 is 0 Å². The van der Waals surface area contributed by atoms with Gasteiger partial charge in [0, 0.05) is 11.8 Å². The molecule has 0 fully saturated rings. The Labute approximate surface area is 93.2 Å². The average Bonchev–Trinajstić information content (AvgIpc) is 2.27. The number of alkyl halides is 3. The van der Waals surface area contributed by atoms with E-state index < -0.39 is 22.6 Å². The fraction of sp³-hybridized carbons (Fsp3) is 0.0909. The van der Waals surface area contributed by atoms with Crippen LogP contribution in [0.3, 0.4) is 0 Å². The minimum absolute atomic E-state index is 0.00863. The second kappa shape index (κ2) is 3.73. The quantitative estimate of drug-likeness (QED) is 0.818. The molecule has 2 aromatic rings. The maximum absolute atomic E-state index is 12.4. The molecular weight excluding hydrogens is 235 g/mol. The third-order valence-electron chi connectivity index (χ3n) is 2.21. The van der Waals surface area contributed by atoms with Gasteiger partial charge in [0.2, 0.25) is 10.9 Å². The third-order valence-corrected chi connectivity index (χ3v) is 2.21. The van der Waals surface area contributed by atoms with Gasteiger partial charge in [-0.2, -0.15) is 13.2 Å². The molecule has 0 bridgehead atoms. The Morgan fingerprint density at radius 3 is 2.29 bits per heavy atom. The summed E-state index contributed by atoms with van der Waals surface area (Å²) in [4.78, 5) is 21.6. The van der Waals surface area contributed by atoms with Crippen LogP contribution in [0.1, 0.15) is 5.56 Å². The first kappa shape index (κ1) is 11.4. The van der Waals surface area contributed by atoms with Gasteiger partial charge in [-0.1, -0.05) is 6.07 Å². The summed E-state index contributed by atoms with van der Waals surface area (Å²) in [5, 5.41) is 2.46. The van der Waals surface area contributed by atoms with Crippen molar-refractivity contribution in [2.75, 3.05) is 5.32 Å². The zero-order valence-corrected chi connectivity index (χ0v) is 8.34. The summed E-state index contributed by atoms with van der Waals surface area (Å²) >= 11 is 0. The summed E-state index contributed by atoms with van der Waals surface area (Å²) in [5.74, 6) is 0. The monoisotopic (exact) mass is 241 g/mol. The predicted octanol–water partition coefficient (Wildman–Crippen LogP) is 2.04. The maximum Gasteiger partial charge on any atom is 0.416 e. The third kappa shape index (κ3) is 2.20. The second-order valence-corrected chi connectivity index (χ2v) is 3.45. The van der Waals surface area contributed by atoms with Crippen molar-refractivity contribution in [3.63, 3.8) is 0 Å². The molecule has 0 amide bonds. The van der Waals surface area contributed by atoms with Crippen LogP contribution in [0.4, 0.5) is 24.5 Å². The van der Waals surface area contributed by atoms with Crippen LogP contribution in [-0.4, -0.2) is 0 Å². The number of hydrogen-bond acceptors (Lipinski definition) is 3. The van der Waals surface area contributed by atoms with Gasteiger partial charge in [-0.25, -0.2) is 0 Å². The molecule has 88 valence electrons. The van der Waals surface area contributed by atoms with Gasteiger partial charge in [-0.15, -0.1) is 0 Å². The van der Waals surface area contributed by atoms with E-state index in [1.165, 1.54) is 12.1 Å². The molecule has 6 heteroatoms. The molecule has 0 radical (unpaired) electrons. The van der Waals surface area contributed by atoms with Crippen LogP contribution in [0.25, 0.3) is 0 Å². The van der Waals surface area contributed by atoms with Crippen LogP contribution in [0, 0.1) is 0 Å². The highest BCUT2D eigenvalue weighted by Crippen LogP contribution is 2.31. The number of rotatable bonds is 2. The van der Waals surface area contributed by atoms with Crippen molar-refractivity contribution in [3.8, 4) is 0 Å².